The molecule has 5 nitrogen and oxygen atoms in total. The van der Waals surface area contributed by atoms with E-state index in [9.17, 15) is 4.79 Å². The molecule has 0 aromatic carbocycles. The SMILES string of the molecule is CC(=O)N1CC[C@@H](C)C1.CCC(=C/N)/C=C(\N)O. The van der Waals surface area contributed by atoms with Crippen LogP contribution in [0.15, 0.2) is 23.7 Å². The molecule has 0 aromatic rings. The molecule has 5 N–H and O–H groups in total. The highest BCUT2D eigenvalue weighted by Crippen LogP contribution is 2.14. The highest BCUT2D eigenvalue weighted by atomic mass is 16.3. The molecule has 104 valence electrons. The number of aliphatic hydroxyl groups is 1. The largest absolute Gasteiger partial charge is 0.495 e. The minimum Gasteiger partial charge on any atom is -0.495 e. The number of hydrogen-bond acceptors (Lipinski definition) is 4. The van der Waals surface area contributed by atoms with Crippen molar-refractivity contribution in [1.29, 1.82) is 0 Å². The summed E-state index contributed by atoms with van der Waals surface area (Å²) in [6, 6.07) is 0. The van der Waals surface area contributed by atoms with Crippen LogP contribution in [-0.2, 0) is 4.79 Å². The molecule has 1 fully saturated rings. The summed E-state index contributed by atoms with van der Waals surface area (Å²) in [5.41, 5.74) is 11.0. The number of likely N-dealkylation sites (tertiary alicyclic amines) is 1. The van der Waals surface area contributed by atoms with E-state index in [1.807, 2.05) is 11.8 Å². The Balaban J connectivity index is 0.000000321. The van der Waals surface area contributed by atoms with Crippen LogP contribution in [0.25, 0.3) is 0 Å². The molecule has 0 unspecified atom stereocenters. The summed E-state index contributed by atoms with van der Waals surface area (Å²) in [5.74, 6) is 0.738. The fourth-order valence-electron chi connectivity index (χ4n) is 1.68. The van der Waals surface area contributed by atoms with Crippen molar-refractivity contribution in [2.45, 2.75) is 33.6 Å². The molecular formula is C13H25N3O2. The van der Waals surface area contributed by atoms with Crippen LogP contribution < -0.4 is 11.5 Å². The van der Waals surface area contributed by atoms with Crippen molar-refractivity contribution in [1.82, 2.24) is 4.90 Å². The summed E-state index contributed by atoms with van der Waals surface area (Å²) in [4.78, 5) is 12.6. The van der Waals surface area contributed by atoms with Crippen molar-refractivity contribution in [3.63, 3.8) is 0 Å². The fraction of sp³-hybridized carbons (Fsp3) is 0.615. The Morgan fingerprint density at radius 2 is 2.17 bits per heavy atom. The van der Waals surface area contributed by atoms with E-state index in [4.69, 9.17) is 16.6 Å². The first-order valence-corrected chi connectivity index (χ1v) is 6.23. The zero-order valence-corrected chi connectivity index (χ0v) is 11.5. The average molecular weight is 255 g/mol. The third-order valence-electron chi connectivity index (χ3n) is 2.82. The van der Waals surface area contributed by atoms with Crippen LogP contribution >= 0.6 is 0 Å². The molecule has 1 atom stereocenters. The fourth-order valence-corrected chi connectivity index (χ4v) is 1.68. The molecule has 1 aliphatic heterocycles. The number of nitrogens with zero attached hydrogens (tertiary/aromatic N) is 1. The number of hydrogen-bond donors (Lipinski definition) is 3. The minimum atomic E-state index is -0.200. The predicted molar refractivity (Wildman–Crippen MR) is 73.5 cm³/mol. The molecule has 0 aromatic heterocycles. The van der Waals surface area contributed by atoms with Gasteiger partial charge in [0.2, 0.25) is 5.91 Å². The number of carbonyl (C=O) groups is 1. The second-order valence-electron chi connectivity index (χ2n) is 4.52. The maximum absolute atomic E-state index is 10.7. The molecule has 5 heteroatoms. The van der Waals surface area contributed by atoms with Gasteiger partial charge in [0.1, 0.15) is 0 Å². The van der Waals surface area contributed by atoms with Gasteiger partial charge in [-0.3, -0.25) is 4.79 Å². The van der Waals surface area contributed by atoms with Crippen LogP contribution in [0, 0.1) is 5.92 Å². The van der Waals surface area contributed by atoms with Crippen molar-refractivity contribution in [2.24, 2.45) is 17.4 Å². The third-order valence-corrected chi connectivity index (χ3v) is 2.82. The lowest BCUT2D eigenvalue weighted by molar-refractivity contribution is -0.127. The van der Waals surface area contributed by atoms with Gasteiger partial charge in [-0.2, -0.15) is 0 Å². The number of rotatable bonds is 2. The Morgan fingerprint density at radius 3 is 2.33 bits per heavy atom. The van der Waals surface area contributed by atoms with Crippen LogP contribution in [0.4, 0.5) is 0 Å². The Hall–Kier alpha value is -1.65. The normalized spacial score (nSPS) is 20.4. The number of allylic oxidation sites excluding steroid dienone is 2. The first-order valence-electron chi connectivity index (χ1n) is 6.23. The van der Waals surface area contributed by atoms with E-state index in [0.29, 0.717) is 5.92 Å². The zero-order chi connectivity index (χ0) is 14.1. The standard InChI is InChI=1S/C7H13NO.C6H12N2O/c1-6-3-4-8(5-6)7(2)9;1-2-5(4-7)3-6(8)9/h6H,3-5H2,1-2H3;3-4,9H,2,7-8H2,1H3/b;5-4-,6-3+/t6-;/m1./s1. The molecule has 18 heavy (non-hydrogen) atoms. The number of carbonyl (C=O) groups excluding carboxylic acids is 1. The van der Waals surface area contributed by atoms with Gasteiger partial charge in [-0.1, -0.05) is 13.8 Å². The van der Waals surface area contributed by atoms with E-state index in [0.717, 1.165) is 25.1 Å². The molecule has 0 aliphatic carbocycles. The van der Waals surface area contributed by atoms with Gasteiger partial charge in [0.05, 0.1) is 0 Å². The van der Waals surface area contributed by atoms with E-state index >= 15 is 0 Å². The molecule has 1 amide bonds. The Bertz CT molecular complexity index is 320. The van der Waals surface area contributed by atoms with Crippen molar-refractivity contribution < 1.29 is 9.90 Å². The lowest BCUT2D eigenvalue weighted by atomic mass is 10.2. The number of amides is 1. The summed E-state index contributed by atoms with van der Waals surface area (Å²) in [5, 5.41) is 8.53. The van der Waals surface area contributed by atoms with E-state index in [-0.39, 0.29) is 11.8 Å². The van der Waals surface area contributed by atoms with Gasteiger partial charge in [0.25, 0.3) is 0 Å². The predicted octanol–water partition coefficient (Wildman–Crippen LogP) is 1.47. The summed E-state index contributed by atoms with van der Waals surface area (Å²) in [6.45, 7) is 7.69. The summed E-state index contributed by atoms with van der Waals surface area (Å²) < 4.78 is 0. The summed E-state index contributed by atoms with van der Waals surface area (Å²) in [6.07, 6.45) is 4.81. The average Bonchev–Trinajstić information content (AvgIpc) is 2.73. The van der Waals surface area contributed by atoms with Crippen molar-refractivity contribution in [3.8, 4) is 0 Å². The first-order chi connectivity index (χ1) is 8.40. The van der Waals surface area contributed by atoms with E-state index in [2.05, 4.69) is 6.92 Å². The van der Waals surface area contributed by atoms with Crippen LogP contribution in [0.2, 0.25) is 0 Å². The monoisotopic (exact) mass is 255 g/mol. The Labute approximate surface area is 109 Å². The second-order valence-corrected chi connectivity index (χ2v) is 4.52. The topological polar surface area (TPSA) is 92.6 Å². The Morgan fingerprint density at radius 1 is 1.56 bits per heavy atom. The van der Waals surface area contributed by atoms with Gasteiger partial charge in [-0.25, -0.2) is 0 Å². The van der Waals surface area contributed by atoms with Crippen LogP contribution in [0.3, 0.4) is 0 Å². The molecule has 0 radical (unpaired) electrons. The summed E-state index contributed by atoms with van der Waals surface area (Å²) >= 11 is 0. The molecule has 0 spiro atoms. The molecule has 1 saturated heterocycles. The van der Waals surface area contributed by atoms with Crippen LogP contribution in [0.1, 0.15) is 33.6 Å². The molecular weight excluding hydrogens is 230 g/mol. The van der Waals surface area contributed by atoms with E-state index in [1.54, 1.807) is 6.92 Å². The van der Waals surface area contributed by atoms with Crippen LogP contribution in [0.5, 0.6) is 0 Å². The van der Waals surface area contributed by atoms with Crippen molar-refractivity contribution >= 4 is 5.91 Å². The van der Waals surface area contributed by atoms with Gasteiger partial charge >= 0.3 is 0 Å². The molecule has 0 bridgehead atoms. The Kier molecular flexibility index (Phi) is 7.67. The van der Waals surface area contributed by atoms with Gasteiger partial charge in [0, 0.05) is 26.1 Å². The van der Waals surface area contributed by atoms with Gasteiger partial charge in [-0.15, -0.1) is 0 Å². The van der Waals surface area contributed by atoms with E-state index in [1.165, 1.54) is 18.7 Å². The maximum atomic E-state index is 10.7. The lowest BCUT2D eigenvalue weighted by Gasteiger charge is -2.11. The van der Waals surface area contributed by atoms with Gasteiger partial charge in [0.15, 0.2) is 5.88 Å². The smallest absolute Gasteiger partial charge is 0.219 e. The lowest BCUT2D eigenvalue weighted by Crippen LogP contribution is -2.25. The van der Waals surface area contributed by atoms with Crippen LogP contribution in [-0.4, -0.2) is 29.0 Å². The number of nitrogens with two attached hydrogens (primary N) is 2. The quantitative estimate of drug-likeness (QED) is 0.514. The van der Waals surface area contributed by atoms with Gasteiger partial charge < -0.3 is 21.5 Å². The highest BCUT2D eigenvalue weighted by molar-refractivity contribution is 5.73. The second kappa shape index (κ2) is 8.44. The minimum absolute atomic E-state index is 0.200. The maximum Gasteiger partial charge on any atom is 0.219 e. The van der Waals surface area contributed by atoms with Gasteiger partial charge in [-0.05, 0) is 30.5 Å². The number of aliphatic hydroxyl groups excluding tert-OH is 1. The van der Waals surface area contributed by atoms with Crippen molar-refractivity contribution in [2.75, 3.05) is 13.1 Å². The zero-order valence-electron chi connectivity index (χ0n) is 11.5. The third kappa shape index (κ3) is 6.83. The molecule has 1 heterocycles. The highest BCUT2D eigenvalue weighted by Gasteiger charge is 2.19. The molecule has 1 rings (SSSR count). The van der Waals surface area contributed by atoms with E-state index < -0.39 is 0 Å². The molecule has 1 aliphatic rings. The van der Waals surface area contributed by atoms with Crippen molar-refractivity contribution in [3.05, 3.63) is 23.7 Å². The summed E-state index contributed by atoms with van der Waals surface area (Å²) in [7, 11) is 0. The molecule has 0 saturated carbocycles. The first kappa shape index (κ1) is 16.4.